The summed E-state index contributed by atoms with van der Waals surface area (Å²) in [6.07, 6.45) is 0. The smallest absolute Gasteiger partial charge is 0.229 e. The predicted molar refractivity (Wildman–Crippen MR) is 76.4 cm³/mol. The Morgan fingerprint density at radius 1 is 1.28 bits per heavy atom. The average molecular weight is 311 g/mol. The molecular formula is C14H19BrN2O. The van der Waals surface area contributed by atoms with Gasteiger partial charge >= 0.3 is 0 Å². The van der Waals surface area contributed by atoms with Crippen molar-refractivity contribution in [2.75, 3.05) is 5.32 Å². The standard InChI is InChI=1S/C14H19BrN2O/c1-8-9(15)6-7-10(16-8)17-12(18)11-13(2,3)14(11,4)5/h6-7,11H,1-5H3,(H,16,17,18). The van der Waals surface area contributed by atoms with Crippen molar-refractivity contribution in [1.82, 2.24) is 4.98 Å². The third-order valence-corrected chi connectivity index (χ3v) is 5.39. The summed E-state index contributed by atoms with van der Waals surface area (Å²) in [5.74, 6) is 0.745. The number of nitrogens with one attached hydrogen (secondary N) is 1. The summed E-state index contributed by atoms with van der Waals surface area (Å²) in [6.45, 7) is 10.5. The van der Waals surface area contributed by atoms with E-state index in [4.69, 9.17) is 0 Å². The first-order valence-corrected chi connectivity index (χ1v) is 6.91. The highest BCUT2D eigenvalue weighted by molar-refractivity contribution is 9.10. The SMILES string of the molecule is Cc1nc(NC(=O)C2C(C)(C)C2(C)C)ccc1Br. The van der Waals surface area contributed by atoms with Crippen molar-refractivity contribution in [2.24, 2.45) is 16.7 Å². The number of pyridine rings is 1. The van der Waals surface area contributed by atoms with Crippen LogP contribution in [0.15, 0.2) is 16.6 Å². The Bertz CT molecular complexity index is 495. The van der Waals surface area contributed by atoms with E-state index in [1.807, 2.05) is 19.1 Å². The molecule has 0 atom stereocenters. The second kappa shape index (κ2) is 4.05. The van der Waals surface area contributed by atoms with E-state index >= 15 is 0 Å². The number of hydrogen-bond donors (Lipinski definition) is 1. The fraction of sp³-hybridized carbons (Fsp3) is 0.571. The predicted octanol–water partition coefficient (Wildman–Crippen LogP) is 3.77. The van der Waals surface area contributed by atoms with E-state index in [2.05, 4.69) is 53.9 Å². The fourth-order valence-electron chi connectivity index (χ4n) is 2.66. The van der Waals surface area contributed by atoms with E-state index in [9.17, 15) is 4.79 Å². The highest BCUT2D eigenvalue weighted by Crippen LogP contribution is 2.68. The quantitative estimate of drug-likeness (QED) is 0.903. The topological polar surface area (TPSA) is 42.0 Å². The van der Waals surface area contributed by atoms with Crippen LogP contribution in [0.1, 0.15) is 33.4 Å². The Morgan fingerprint density at radius 3 is 2.28 bits per heavy atom. The molecule has 0 spiro atoms. The van der Waals surface area contributed by atoms with Gasteiger partial charge in [0.2, 0.25) is 5.91 Å². The minimum Gasteiger partial charge on any atom is -0.310 e. The fourth-order valence-corrected chi connectivity index (χ4v) is 2.88. The zero-order chi connectivity index (χ0) is 13.7. The van der Waals surface area contributed by atoms with Crippen LogP contribution in [-0.2, 0) is 4.79 Å². The lowest BCUT2D eigenvalue weighted by Crippen LogP contribution is -2.18. The number of rotatable bonds is 2. The summed E-state index contributed by atoms with van der Waals surface area (Å²) in [6, 6.07) is 3.72. The van der Waals surface area contributed by atoms with Crippen molar-refractivity contribution in [1.29, 1.82) is 0 Å². The monoisotopic (exact) mass is 310 g/mol. The van der Waals surface area contributed by atoms with Crippen molar-refractivity contribution in [3.8, 4) is 0 Å². The van der Waals surface area contributed by atoms with Gasteiger partial charge in [-0.25, -0.2) is 4.98 Å². The van der Waals surface area contributed by atoms with Crippen LogP contribution in [0.4, 0.5) is 5.82 Å². The van der Waals surface area contributed by atoms with E-state index in [0.29, 0.717) is 5.82 Å². The molecule has 98 valence electrons. The summed E-state index contributed by atoms with van der Waals surface area (Å²) >= 11 is 3.40. The van der Waals surface area contributed by atoms with E-state index in [-0.39, 0.29) is 22.7 Å². The van der Waals surface area contributed by atoms with Gasteiger partial charge in [-0.3, -0.25) is 4.79 Å². The maximum atomic E-state index is 12.2. The first-order chi connectivity index (χ1) is 8.18. The van der Waals surface area contributed by atoms with Crippen LogP contribution in [0.5, 0.6) is 0 Å². The molecule has 2 rings (SSSR count). The molecule has 1 aromatic rings. The number of carbonyl (C=O) groups excluding carboxylic acids is 1. The number of aryl methyl sites for hydroxylation is 1. The molecule has 0 saturated heterocycles. The summed E-state index contributed by atoms with van der Waals surface area (Å²) in [7, 11) is 0. The number of carbonyl (C=O) groups is 1. The van der Waals surface area contributed by atoms with Gasteiger partial charge in [0.15, 0.2) is 0 Å². The molecule has 0 aliphatic heterocycles. The van der Waals surface area contributed by atoms with E-state index in [0.717, 1.165) is 10.2 Å². The molecule has 1 amide bonds. The van der Waals surface area contributed by atoms with Gasteiger partial charge in [0, 0.05) is 10.4 Å². The van der Waals surface area contributed by atoms with E-state index in [1.54, 1.807) is 0 Å². The Balaban J connectivity index is 2.12. The number of aromatic nitrogens is 1. The van der Waals surface area contributed by atoms with Crippen LogP contribution in [-0.4, -0.2) is 10.9 Å². The normalized spacial score (nSPS) is 20.6. The maximum Gasteiger partial charge on any atom is 0.229 e. The minimum atomic E-state index is 0.0516. The van der Waals surface area contributed by atoms with Crippen LogP contribution in [0, 0.1) is 23.7 Å². The average Bonchev–Trinajstić information content (AvgIpc) is 2.63. The Hall–Kier alpha value is -0.900. The van der Waals surface area contributed by atoms with Gasteiger partial charge in [0.05, 0.1) is 5.69 Å². The molecule has 1 heterocycles. The van der Waals surface area contributed by atoms with Crippen LogP contribution in [0.2, 0.25) is 0 Å². The van der Waals surface area contributed by atoms with Gasteiger partial charge in [-0.1, -0.05) is 27.7 Å². The molecule has 1 aliphatic carbocycles. The number of nitrogens with zero attached hydrogens (tertiary/aromatic N) is 1. The van der Waals surface area contributed by atoms with Gasteiger partial charge < -0.3 is 5.32 Å². The molecule has 1 N–H and O–H groups in total. The third kappa shape index (κ3) is 1.96. The summed E-state index contributed by atoms with van der Waals surface area (Å²) in [5, 5.41) is 2.91. The molecule has 0 radical (unpaired) electrons. The summed E-state index contributed by atoms with van der Waals surface area (Å²) in [4.78, 5) is 16.6. The highest BCUT2D eigenvalue weighted by Gasteiger charge is 2.68. The molecule has 18 heavy (non-hydrogen) atoms. The molecule has 0 aromatic carbocycles. The molecule has 3 nitrogen and oxygen atoms in total. The van der Waals surface area contributed by atoms with Crippen molar-refractivity contribution in [3.05, 3.63) is 22.3 Å². The number of halogens is 1. The lowest BCUT2D eigenvalue weighted by molar-refractivity contribution is -0.118. The van der Waals surface area contributed by atoms with E-state index < -0.39 is 0 Å². The molecule has 0 unspecified atom stereocenters. The second-order valence-corrected chi connectivity index (χ2v) is 6.98. The minimum absolute atomic E-state index is 0.0516. The zero-order valence-corrected chi connectivity index (χ0v) is 13.1. The van der Waals surface area contributed by atoms with Crippen molar-refractivity contribution in [3.63, 3.8) is 0 Å². The number of amides is 1. The molecule has 1 aliphatic rings. The lowest BCUT2D eigenvalue weighted by Gasteiger charge is -2.07. The van der Waals surface area contributed by atoms with Gasteiger partial charge in [-0.15, -0.1) is 0 Å². The van der Waals surface area contributed by atoms with Gasteiger partial charge in [0.25, 0.3) is 0 Å². The Labute approximate surface area is 117 Å². The van der Waals surface area contributed by atoms with Gasteiger partial charge in [0.1, 0.15) is 5.82 Å². The van der Waals surface area contributed by atoms with Crippen molar-refractivity contribution < 1.29 is 4.79 Å². The molecule has 1 fully saturated rings. The van der Waals surface area contributed by atoms with Gasteiger partial charge in [-0.05, 0) is 45.8 Å². The molecule has 4 heteroatoms. The zero-order valence-electron chi connectivity index (χ0n) is 11.5. The number of anilines is 1. The summed E-state index contributed by atoms with van der Waals surface area (Å²) in [5.41, 5.74) is 0.991. The highest BCUT2D eigenvalue weighted by atomic mass is 79.9. The lowest BCUT2D eigenvalue weighted by atomic mass is 10.0. The molecule has 1 aromatic heterocycles. The molecule has 1 saturated carbocycles. The van der Waals surface area contributed by atoms with Crippen LogP contribution >= 0.6 is 15.9 Å². The van der Waals surface area contributed by atoms with E-state index in [1.165, 1.54) is 0 Å². The van der Waals surface area contributed by atoms with Crippen LogP contribution in [0.25, 0.3) is 0 Å². The Kier molecular flexibility index (Phi) is 3.05. The number of hydrogen-bond acceptors (Lipinski definition) is 2. The molecule has 0 bridgehead atoms. The van der Waals surface area contributed by atoms with Crippen LogP contribution < -0.4 is 5.32 Å². The third-order valence-electron chi connectivity index (χ3n) is 4.56. The first-order valence-electron chi connectivity index (χ1n) is 6.12. The first kappa shape index (κ1) is 13.5. The maximum absolute atomic E-state index is 12.2. The van der Waals surface area contributed by atoms with Gasteiger partial charge in [-0.2, -0.15) is 0 Å². The molecular weight excluding hydrogens is 292 g/mol. The van der Waals surface area contributed by atoms with Crippen LogP contribution in [0.3, 0.4) is 0 Å². The summed E-state index contributed by atoms with van der Waals surface area (Å²) < 4.78 is 0.951. The Morgan fingerprint density at radius 2 is 1.83 bits per heavy atom. The van der Waals surface area contributed by atoms with Crippen molar-refractivity contribution >= 4 is 27.7 Å². The second-order valence-electron chi connectivity index (χ2n) is 6.13. The largest absolute Gasteiger partial charge is 0.310 e. The van der Waals surface area contributed by atoms with Crippen molar-refractivity contribution in [2.45, 2.75) is 34.6 Å².